The molecule has 3 heterocycles. The van der Waals surface area contributed by atoms with Gasteiger partial charge in [0.25, 0.3) is 0 Å². The summed E-state index contributed by atoms with van der Waals surface area (Å²) in [6, 6.07) is 2.07. The monoisotopic (exact) mass is 321 g/mol. The highest BCUT2D eigenvalue weighted by Crippen LogP contribution is 2.28. The molecule has 3 rings (SSSR count). The van der Waals surface area contributed by atoms with Gasteiger partial charge in [0, 0.05) is 30.8 Å². The standard InChI is InChI=1S/C15H19N3OS2/c1-2-18-7-5-12-13(9-18)21-15(16-12)17-14(19)4-3-11-6-8-20-10-11/h6,8,10H,2-5,7,9H2,1H3,(H,16,17,19). The van der Waals surface area contributed by atoms with Crippen LogP contribution >= 0.6 is 22.7 Å². The summed E-state index contributed by atoms with van der Waals surface area (Å²) in [6.07, 6.45) is 2.30. The number of hydrogen-bond acceptors (Lipinski definition) is 5. The molecular formula is C15H19N3OS2. The second-order valence-corrected chi connectivity index (χ2v) is 7.05. The molecule has 1 aliphatic heterocycles. The molecule has 0 atom stereocenters. The quantitative estimate of drug-likeness (QED) is 0.920. The minimum atomic E-state index is 0.0552. The van der Waals surface area contributed by atoms with Crippen molar-refractivity contribution >= 4 is 33.7 Å². The van der Waals surface area contributed by atoms with E-state index in [-0.39, 0.29) is 5.91 Å². The Morgan fingerprint density at radius 3 is 3.19 bits per heavy atom. The number of nitrogens with zero attached hydrogens (tertiary/aromatic N) is 2. The van der Waals surface area contributed by atoms with E-state index in [9.17, 15) is 4.79 Å². The summed E-state index contributed by atoms with van der Waals surface area (Å²) in [6.45, 7) is 5.28. The molecule has 4 nitrogen and oxygen atoms in total. The molecule has 0 radical (unpaired) electrons. The van der Waals surface area contributed by atoms with Gasteiger partial charge < -0.3 is 5.32 Å². The fourth-order valence-corrected chi connectivity index (χ4v) is 4.22. The normalized spacial score (nSPS) is 14.9. The lowest BCUT2D eigenvalue weighted by atomic mass is 10.2. The zero-order valence-electron chi connectivity index (χ0n) is 12.1. The summed E-state index contributed by atoms with van der Waals surface area (Å²) in [5.74, 6) is 0.0552. The van der Waals surface area contributed by atoms with Gasteiger partial charge >= 0.3 is 0 Å². The Labute approximate surface area is 132 Å². The first-order valence-electron chi connectivity index (χ1n) is 7.26. The number of thiazole rings is 1. The molecule has 21 heavy (non-hydrogen) atoms. The predicted octanol–water partition coefficient (Wildman–Crippen LogP) is 3.15. The van der Waals surface area contributed by atoms with Crippen molar-refractivity contribution in [1.82, 2.24) is 9.88 Å². The summed E-state index contributed by atoms with van der Waals surface area (Å²) < 4.78 is 0. The highest BCUT2D eigenvalue weighted by molar-refractivity contribution is 7.15. The molecule has 6 heteroatoms. The number of aryl methyl sites for hydroxylation is 1. The minimum absolute atomic E-state index is 0.0552. The first-order valence-corrected chi connectivity index (χ1v) is 9.02. The van der Waals surface area contributed by atoms with Crippen LogP contribution in [0.5, 0.6) is 0 Å². The molecule has 2 aromatic heterocycles. The Morgan fingerprint density at radius 2 is 2.43 bits per heavy atom. The topological polar surface area (TPSA) is 45.2 Å². The molecule has 0 aromatic carbocycles. The summed E-state index contributed by atoms with van der Waals surface area (Å²) in [5, 5.41) is 7.84. The maximum atomic E-state index is 12.0. The summed E-state index contributed by atoms with van der Waals surface area (Å²) in [4.78, 5) is 20.3. The van der Waals surface area contributed by atoms with Crippen molar-refractivity contribution in [2.45, 2.75) is 32.7 Å². The van der Waals surface area contributed by atoms with Crippen molar-refractivity contribution < 1.29 is 4.79 Å². The summed E-state index contributed by atoms with van der Waals surface area (Å²) >= 11 is 3.29. The average Bonchev–Trinajstić information content (AvgIpc) is 3.13. The lowest BCUT2D eigenvalue weighted by Gasteiger charge is -2.23. The van der Waals surface area contributed by atoms with Crippen LogP contribution in [0.2, 0.25) is 0 Å². The molecular weight excluding hydrogens is 302 g/mol. The van der Waals surface area contributed by atoms with Crippen LogP contribution in [0.25, 0.3) is 0 Å². The van der Waals surface area contributed by atoms with Crippen LogP contribution in [0.4, 0.5) is 5.13 Å². The molecule has 0 saturated heterocycles. The second kappa shape index (κ2) is 6.68. The minimum Gasteiger partial charge on any atom is -0.302 e. The van der Waals surface area contributed by atoms with Crippen LogP contribution < -0.4 is 5.32 Å². The molecule has 1 aliphatic rings. The van der Waals surface area contributed by atoms with E-state index in [1.807, 2.05) is 5.38 Å². The van der Waals surface area contributed by atoms with Crippen LogP contribution in [0, 0.1) is 0 Å². The summed E-state index contributed by atoms with van der Waals surface area (Å²) in [5.41, 5.74) is 2.39. The molecule has 0 bridgehead atoms. The average molecular weight is 321 g/mol. The number of thiophene rings is 1. The first kappa shape index (κ1) is 14.7. The molecule has 0 aliphatic carbocycles. The molecule has 0 saturated carbocycles. The number of nitrogens with one attached hydrogen (secondary N) is 1. The lowest BCUT2D eigenvalue weighted by molar-refractivity contribution is -0.116. The molecule has 1 N–H and O–H groups in total. The Morgan fingerprint density at radius 1 is 1.52 bits per heavy atom. The zero-order chi connectivity index (χ0) is 14.7. The SMILES string of the molecule is CCN1CCc2nc(NC(=O)CCc3ccsc3)sc2C1. The highest BCUT2D eigenvalue weighted by Gasteiger charge is 2.20. The van der Waals surface area contributed by atoms with Gasteiger partial charge in [-0.25, -0.2) is 4.98 Å². The van der Waals surface area contributed by atoms with Crippen molar-refractivity contribution in [1.29, 1.82) is 0 Å². The van der Waals surface area contributed by atoms with E-state index < -0.39 is 0 Å². The summed E-state index contributed by atoms with van der Waals surface area (Å²) in [7, 11) is 0. The van der Waals surface area contributed by atoms with E-state index >= 15 is 0 Å². The maximum Gasteiger partial charge on any atom is 0.226 e. The Bertz CT molecular complexity index is 606. The van der Waals surface area contributed by atoms with Crippen LogP contribution in [0.15, 0.2) is 16.8 Å². The van der Waals surface area contributed by atoms with Gasteiger partial charge in [-0.3, -0.25) is 9.69 Å². The highest BCUT2D eigenvalue weighted by atomic mass is 32.1. The maximum absolute atomic E-state index is 12.0. The van der Waals surface area contributed by atoms with Crippen molar-refractivity contribution in [3.63, 3.8) is 0 Å². The molecule has 0 fully saturated rings. The van der Waals surface area contributed by atoms with Gasteiger partial charge in [-0.15, -0.1) is 11.3 Å². The molecule has 1 amide bonds. The number of likely N-dealkylation sites (N-methyl/N-ethyl adjacent to an activating group) is 1. The van der Waals surface area contributed by atoms with Crippen molar-refractivity contribution in [2.24, 2.45) is 0 Å². The number of hydrogen-bond donors (Lipinski definition) is 1. The third kappa shape index (κ3) is 3.70. The third-order valence-electron chi connectivity index (χ3n) is 3.72. The lowest BCUT2D eigenvalue weighted by Crippen LogP contribution is -2.29. The molecule has 0 spiro atoms. The van der Waals surface area contributed by atoms with Crippen molar-refractivity contribution in [3.05, 3.63) is 33.0 Å². The number of fused-ring (bicyclic) bond motifs is 1. The Balaban J connectivity index is 1.55. The predicted molar refractivity (Wildman–Crippen MR) is 88.0 cm³/mol. The van der Waals surface area contributed by atoms with E-state index in [4.69, 9.17) is 0 Å². The van der Waals surface area contributed by atoms with Gasteiger partial charge in [0.05, 0.1) is 5.69 Å². The van der Waals surface area contributed by atoms with Crippen molar-refractivity contribution in [2.75, 3.05) is 18.4 Å². The van der Waals surface area contributed by atoms with Gasteiger partial charge in [-0.05, 0) is 35.4 Å². The molecule has 112 valence electrons. The van der Waals surface area contributed by atoms with Gasteiger partial charge in [0.15, 0.2) is 5.13 Å². The van der Waals surface area contributed by atoms with Gasteiger partial charge in [0.2, 0.25) is 5.91 Å². The smallest absolute Gasteiger partial charge is 0.226 e. The fourth-order valence-electron chi connectivity index (χ4n) is 2.45. The Hall–Kier alpha value is -1.24. The number of amides is 1. The van der Waals surface area contributed by atoms with Gasteiger partial charge in [-0.2, -0.15) is 11.3 Å². The number of carbonyl (C=O) groups is 1. The van der Waals surface area contributed by atoms with Crippen molar-refractivity contribution in [3.8, 4) is 0 Å². The van der Waals surface area contributed by atoms with Crippen LogP contribution in [-0.4, -0.2) is 28.9 Å². The fraction of sp³-hybridized carbons (Fsp3) is 0.467. The number of anilines is 1. The van der Waals surface area contributed by atoms with Crippen LogP contribution in [0.3, 0.4) is 0 Å². The van der Waals surface area contributed by atoms with E-state index in [1.54, 1.807) is 22.7 Å². The zero-order valence-corrected chi connectivity index (χ0v) is 13.7. The van der Waals surface area contributed by atoms with E-state index in [1.165, 1.54) is 10.4 Å². The third-order valence-corrected chi connectivity index (χ3v) is 5.45. The number of carbonyl (C=O) groups excluding carboxylic acids is 1. The van der Waals surface area contributed by atoms with E-state index in [0.29, 0.717) is 6.42 Å². The first-order chi connectivity index (χ1) is 10.2. The Kier molecular flexibility index (Phi) is 4.67. The second-order valence-electron chi connectivity index (χ2n) is 5.19. The van der Waals surface area contributed by atoms with Gasteiger partial charge in [0.1, 0.15) is 0 Å². The van der Waals surface area contributed by atoms with Crippen LogP contribution in [0.1, 0.15) is 29.5 Å². The van der Waals surface area contributed by atoms with Crippen LogP contribution in [-0.2, 0) is 24.2 Å². The molecule has 0 unspecified atom stereocenters. The number of rotatable bonds is 5. The largest absolute Gasteiger partial charge is 0.302 e. The van der Waals surface area contributed by atoms with E-state index in [0.717, 1.165) is 43.3 Å². The number of aromatic nitrogens is 1. The molecule has 2 aromatic rings. The van der Waals surface area contributed by atoms with E-state index in [2.05, 4.69) is 33.6 Å². The van der Waals surface area contributed by atoms with Gasteiger partial charge in [-0.1, -0.05) is 6.92 Å².